The number of hydrogen-bond donors (Lipinski definition) is 2. The molecule has 0 heterocycles. The summed E-state index contributed by atoms with van der Waals surface area (Å²) in [5.41, 5.74) is 2.13. The molecule has 0 spiro atoms. The second-order valence-corrected chi connectivity index (χ2v) is 6.25. The quantitative estimate of drug-likeness (QED) is 0.857. The lowest BCUT2D eigenvalue weighted by Crippen LogP contribution is -2.37. The minimum Gasteiger partial charge on any atom is -0.386 e. The van der Waals surface area contributed by atoms with Crippen molar-refractivity contribution in [3.63, 3.8) is 0 Å². The Balaban J connectivity index is 1.82. The number of hydrogen-bond acceptors (Lipinski definition) is 2. The van der Waals surface area contributed by atoms with Crippen LogP contribution in [0.2, 0.25) is 0 Å². The smallest absolute Gasteiger partial charge is 0.0984 e. The van der Waals surface area contributed by atoms with Crippen LogP contribution in [-0.2, 0) is 0 Å². The van der Waals surface area contributed by atoms with Crippen LogP contribution in [0.5, 0.6) is 0 Å². The van der Waals surface area contributed by atoms with E-state index >= 15 is 0 Å². The van der Waals surface area contributed by atoms with E-state index in [1.54, 1.807) is 0 Å². The summed E-state index contributed by atoms with van der Waals surface area (Å²) in [4.78, 5) is 0. The lowest BCUT2D eigenvalue weighted by molar-refractivity contribution is 0.117. The molecule has 0 bridgehead atoms. The van der Waals surface area contributed by atoms with Crippen LogP contribution in [0.1, 0.15) is 55.4 Å². The van der Waals surface area contributed by atoms with Crippen LogP contribution in [0.25, 0.3) is 0 Å². The third-order valence-corrected chi connectivity index (χ3v) is 4.64. The zero-order valence-electron chi connectivity index (χ0n) is 13.0. The molecule has 1 fully saturated rings. The van der Waals surface area contributed by atoms with Gasteiger partial charge in [0.1, 0.15) is 0 Å². The molecule has 1 aliphatic carbocycles. The molecule has 1 saturated carbocycles. The Labute approximate surface area is 133 Å². The van der Waals surface area contributed by atoms with E-state index in [-0.39, 0.29) is 6.04 Å². The van der Waals surface area contributed by atoms with E-state index in [2.05, 4.69) is 17.4 Å². The van der Waals surface area contributed by atoms with Gasteiger partial charge in [0, 0.05) is 6.04 Å². The minimum absolute atomic E-state index is 0.0494. The number of benzene rings is 2. The van der Waals surface area contributed by atoms with Gasteiger partial charge in [-0.05, 0) is 24.0 Å². The summed E-state index contributed by atoms with van der Waals surface area (Å²) in [6.45, 7) is 0. The van der Waals surface area contributed by atoms with Crippen molar-refractivity contribution < 1.29 is 5.11 Å². The molecule has 2 N–H and O–H groups in total. The Bertz CT molecular complexity index is 548. The third-order valence-electron chi connectivity index (χ3n) is 4.64. The van der Waals surface area contributed by atoms with Gasteiger partial charge in [-0.25, -0.2) is 0 Å². The van der Waals surface area contributed by atoms with Crippen molar-refractivity contribution in [1.29, 1.82) is 0 Å². The largest absolute Gasteiger partial charge is 0.386 e. The molecule has 2 aromatic rings. The van der Waals surface area contributed by atoms with Gasteiger partial charge in [0.15, 0.2) is 0 Å². The Morgan fingerprint density at radius 2 is 1.32 bits per heavy atom. The Kier molecular flexibility index (Phi) is 5.25. The van der Waals surface area contributed by atoms with Crippen LogP contribution in [0.3, 0.4) is 0 Å². The standard InChI is InChI=1S/C20H25NO/c22-20(17-12-6-2-7-13-17)19(16-10-4-1-5-11-16)21-18-14-8-3-9-15-18/h1-2,4-7,10-13,18-22H,3,8-9,14-15H2/t19-,20+/m0/s1. The van der Waals surface area contributed by atoms with E-state index in [0.29, 0.717) is 6.04 Å². The van der Waals surface area contributed by atoms with Crippen LogP contribution in [0.15, 0.2) is 60.7 Å². The molecule has 0 unspecified atom stereocenters. The van der Waals surface area contributed by atoms with Gasteiger partial charge >= 0.3 is 0 Å². The highest BCUT2D eigenvalue weighted by molar-refractivity contribution is 5.26. The van der Waals surface area contributed by atoms with E-state index in [0.717, 1.165) is 11.1 Å². The highest BCUT2D eigenvalue weighted by atomic mass is 16.3. The van der Waals surface area contributed by atoms with Gasteiger partial charge in [-0.2, -0.15) is 0 Å². The molecule has 0 radical (unpaired) electrons. The third kappa shape index (κ3) is 3.76. The minimum atomic E-state index is -0.523. The van der Waals surface area contributed by atoms with Gasteiger partial charge in [0.2, 0.25) is 0 Å². The van der Waals surface area contributed by atoms with Crippen LogP contribution in [0.4, 0.5) is 0 Å². The molecule has 2 atom stereocenters. The normalized spacial score (nSPS) is 18.8. The second-order valence-electron chi connectivity index (χ2n) is 6.25. The SMILES string of the molecule is O[C@H](c1ccccc1)[C@@H](NC1CCCCC1)c1ccccc1. The molecule has 22 heavy (non-hydrogen) atoms. The van der Waals surface area contributed by atoms with Crippen LogP contribution >= 0.6 is 0 Å². The van der Waals surface area contributed by atoms with Gasteiger partial charge in [0.05, 0.1) is 12.1 Å². The lowest BCUT2D eigenvalue weighted by atomic mass is 9.91. The first-order valence-corrected chi connectivity index (χ1v) is 8.38. The van der Waals surface area contributed by atoms with Crippen molar-refractivity contribution in [2.45, 2.75) is 50.3 Å². The molecule has 116 valence electrons. The monoisotopic (exact) mass is 295 g/mol. The fourth-order valence-electron chi connectivity index (χ4n) is 3.40. The van der Waals surface area contributed by atoms with Crippen molar-refractivity contribution in [1.82, 2.24) is 5.32 Å². The number of aliphatic hydroxyl groups is 1. The first-order valence-electron chi connectivity index (χ1n) is 8.38. The molecule has 3 rings (SSSR count). The highest BCUT2D eigenvalue weighted by Crippen LogP contribution is 2.31. The predicted octanol–water partition coefficient (Wildman–Crippen LogP) is 4.38. The summed E-state index contributed by atoms with van der Waals surface area (Å²) in [7, 11) is 0. The van der Waals surface area contributed by atoms with Gasteiger partial charge in [-0.3, -0.25) is 0 Å². The van der Waals surface area contributed by atoms with Crippen molar-refractivity contribution in [3.05, 3.63) is 71.8 Å². The molecule has 2 nitrogen and oxygen atoms in total. The maximum absolute atomic E-state index is 10.9. The molecular weight excluding hydrogens is 270 g/mol. The zero-order valence-corrected chi connectivity index (χ0v) is 13.0. The highest BCUT2D eigenvalue weighted by Gasteiger charge is 2.26. The fraction of sp³-hybridized carbons (Fsp3) is 0.400. The molecule has 2 aromatic carbocycles. The number of rotatable bonds is 5. The number of aliphatic hydroxyl groups excluding tert-OH is 1. The Hall–Kier alpha value is -1.64. The van der Waals surface area contributed by atoms with E-state index in [1.165, 1.54) is 32.1 Å². The summed E-state index contributed by atoms with van der Waals surface area (Å²) in [5, 5.41) is 14.6. The molecule has 1 aliphatic rings. The molecule has 0 saturated heterocycles. The lowest BCUT2D eigenvalue weighted by Gasteiger charge is -2.32. The summed E-state index contributed by atoms with van der Waals surface area (Å²) >= 11 is 0. The van der Waals surface area contributed by atoms with Crippen molar-refractivity contribution >= 4 is 0 Å². The predicted molar refractivity (Wildman–Crippen MR) is 90.6 cm³/mol. The second kappa shape index (κ2) is 7.57. The summed E-state index contributed by atoms with van der Waals surface area (Å²) in [6.07, 6.45) is 5.83. The van der Waals surface area contributed by atoms with Gasteiger partial charge in [-0.1, -0.05) is 79.9 Å². The number of nitrogens with one attached hydrogen (secondary N) is 1. The van der Waals surface area contributed by atoms with Gasteiger partial charge in [-0.15, -0.1) is 0 Å². The Morgan fingerprint density at radius 1 is 0.773 bits per heavy atom. The van der Waals surface area contributed by atoms with Crippen LogP contribution in [0, 0.1) is 0 Å². The molecule has 2 heteroatoms. The van der Waals surface area contributed by atoms with E-state index in [4.69, 9.17) is 0 Å². The van der Waals surface area contributed by atoms with Crippen LogP contribution < -0.4 is 5.32 Å². The molecule has 0 aromatic heterocycles. The average molecular weight is 295 g/mol. The van der Waals surface area contributed by atoms with Gasteiger partial charge < -0.3 is 10.4 Å². The zero-order chi connectivity index (χ0) is 15.2. The van der Waals surface area contributed by atoms with Crippen LogP contribution in [-0.4, -0.2) is 11.1 Å². The summed E-state index contributed by atoms with van der Waals surface area (Å²) < 4.78 is 0. The van der Waals surface area contributed by atoms with E-state index in [9.17, 15) is 5.11 Å². The van der Waals surface area contributed by atoms with E-state index < -0.39 is 6.10 Å². The topological polar surface area (TPSA) is 32.3 Å². The summed E-state index contributed by atoms with van der Waals surface area (Å²) in [6, 6.07) is 20.8. The van der Waals surface area contributed by atoms with Crippen molar-refractivity contribution in [3.8, 4) is 0 Å². The summed E-state index contributed by atoms with van der Waals surface area (Å²) in [5.74, 6) is 0. The van der Waals surface area contributed by atoms with Crippen molar-refractivity contribution in [2.75, 3.05) is 0 Å². The average Bonchev–Trinajstić information content (AvgIpc) is 2.61. The van der Waals surface area contributed by atoms with Crippen molar-refractivity contribution in [2.24, 2.45) is 0 Å². The molecular formula is C20H25NO. The molecule has 0 aliphatic heterocycles. The first-order chi connectivity index (χ1) is 10.8. The van der Waals surface area contributed by atoms with E-state index in [1.807, 2.05) is 48.5 Å². The Morgan fingerprint density at radius 3 is 1.91 bits per heavy atom. The maximum atomic E-state index is 10.9. The molecule has 0 amide bonds. The maximum Gasteiger partial charge on any atom is 0.0984 e. The fourth-order valence-corrected chi connectivity index (χ4v) is 3.40. The van der Waals surface area contributed by atoms with Gasteiger partial charge in [0.25, 0.3) is 0 Å². The first kappa shape index (κ1) is 15.3.